The molecule has 3 aromatic rings. The Morgan fingerprint density at radius 2 is 1.53 bits per heavy atom. The van der Waals surface area contributed by atoms with E-state index < -0.39 is 24.3 Å². The summed E-state index contributed by atoms with van der Waals surface area (Å²) in [6, 6.07) is 25.8. The van der Waals surface area contributed by atoms with Gasteiger partial charge in [0, 0.05) is 63.9 Å². The first-order valence-electron chi connectivity index (χ1n) is 14.9. The molecule has 0 spiro atoms. The second-order valence-electron chi connectivity index (χ2n) is 11.3. The molecule has 5 rings (SSSR count). The van der Waals surface area contributed by atoms with Crippen molar-refractivity contribution in [1.29, 1.82) is 0 Å². The number of esters is 1. The first-order chi connectivity index (χ1) is 20.9. The monoisotopic (exact) mass is 587 g/mol. The van der Waals surface area contributed by atoms with Crippen molar-refractivity contribution < 1.29 is 28.9 Å². The molecule has 2 aliphatic rings. The van der Waals surface area contributed by atoms with Crippen LogP contribution in [0.3, 0.4) is 0 Å². The predicted molar refractivity (Wildman–Crippen MR) is 163 cm³/mol. The lowest BCUT2D eigenvalue weighted by Gasteiger charge is -2.40. The number of benzene rings is 3. The van der Waals surface area contributed by atoms with Crippen LogP contribution in [0.4, 0.5) is 5.69 Å². The molecule has 2 fully saturated rings. The topological polar surface area (TPSA) is 101 Å². The maximum atomic E-state index is 12.4. The third-order valence-corrected chi connectivity index (χ3v) is 7.95. The molecular weight excluding hydrogens is 546 g/mol. The lowest BCUT2D eigenvalue weighted by molar-refractivity contribution is -0.253. The van der Waals surface area contributed by atoms with Crippen LogP contribution in [-0.2, 0) is 37.0 Å². The molecule has 0 bridgehead atoms. The van der Waals surface area contributed by atoms with E-state index in [0.717, 1.165) is 62.4 Å². The Kier molecular flexibility index (Phi) is 10.6. The van der Waals surface area contributed by atoms with Gasteiger partial charge in [-0.2, -0.15) is 0 Å². The molecule has 1 amide bonds. The Morgan fingerprint density at radius 1 is 0.884 bits per heavy atom. The van der Waals surface area contributed by atoms with E-state index in [1.165, 1.54) is 19.4 Å². The first kappa shape index (κ1) is 30.8. The number of nitrogens with zero attached hydrogens (tertiary/aromatic N) is 2. The van der Waals surface area contributed by atoms with E-state index in [9.17, 15) is 14.7 Å². The number of piperazine rings is 1. The summed E-state index contributed by atoms with van der Waals surface area (Å²) in [5, 5.41) is 12.3. The number of amides is 1. The van der Waals surface area contributed by atoms with Gasteiger partial charge in [-0.25, -0.2) is 0 Å². The standard InChI is InChI=1S/C34H41N3O6/c1-24(41-25(2)39)33(40)35-30-14-12-29(13-15-30)34-42-31(20-32(43-34)28-10-8-27(23-38)9-11-28)22-37-18-16-36(17-19-37)21-26-6-4-3-5-7-26/h3-15,24,31-32,34,38H,16-23H2,1-2H3,(H,35,40)/t24-,31+,32-,34-/m0/s1. The largest absolute Gasteiger partial charge is 0.453 e. The Labute approximate surface area is 253 Å². The van der Waals surface area contributed by atoms with Crippen molar-refractivity contribution in [3.05, 3.63) is 101 Å². The Hall–Kier alpha value is -3.60. The van der Waals surface area contributed by atoms with E-state index >= 15 is 0 Å². The molecule has 3 aromatic carbocycles. The van der Waals surface area contributed by atoms with Gasteiger partial charge in [0.05, 0.1) is 18.8 Å². The van der Waals surface area contributed by atoms with E-state index in [1.54, 1.807) is 12.1 Å². The van der Waals surface area contributed by atoms with E-state index in [1.807, 2.05) is 36.4 Å². The van der Waals surface area contributed by atoms with E-state index in [2.05, 4.69) is 45.4 Å². The molecule has 2 heterocycles. The van der Waals surface area contributed by atoms with Gasteiger partial charge < -0.3 is 24.6 Å². The van der Waals surface area contributed by atoms with Crippen molar-refractivity contribution in [1.82, 2.24) is 9.80 Å². The van der Waals surface area contributed by atoms with Gasteiger partial charge in [0.15, 0.2) is 12.4 Å². The van der Waals surface area contributed by atoms with Gasteiger partial charge in [-0.05, 0) is 35.7 Å². The highest BCUT2D eigenvalue weighted by Crippen LogP contribution is 2.38. The van der Waals surface area contributed by atoms with Gasteiger partial charge in [-0.15, -0.1) is 0 Å². The second-order valence-corrected chi connectivity index (χ2v) is 11.3. The molecule has 2 saturated heterocycles. The number of aliphatic hydroxyl groups is 1. The van der Waals surface area contributed by atoms with Gasteiger partial charge in [0.2, 0.25) is 0 Å². The Bertz CT molecular complexity index is 1330. The summed E-state index contributed by atoms with van der Waals surface area (Å²) in [6.07, 6.45) is -0.946. The van der Waals surface area contributed by atoms with Gasteiger partial charge >= 0.3 is 5.97 Å². The van der Waals surface area contributed by atoms with Crippen LogP contribution in [0, 0.1) is 0 Å². The molecule has 2 N–H and O–H groups in total. The zero-order chi connectivity index (χ0) is 30.2. The van der Waals surface area contributed by atoms with Crippen LogP contribution in [0.15, 0.2) is 78.9 Å². The quantitative estimate of drug-likeness (QED) is 0.336. The summed E-state index contributed by atoms with van der Waals surface area (Å²) < 4.78 is 18.0. The highest BCUT2D eigenvalue weighted by molar-refractivity contribution is 5.94. The Morgan fingerprint density at radius 3 is 2.19 bits per heavy atom. The Balaban J connectivity index is 1.23. The zero-order valence-electron chi connectivity index (χ0n) is 24.9. The van der Waals surface area contributed by atoms with E-state index in [4.69, 9.17) is 14.2 Å². The fraction of sp³-hybridized carbons (Fsp3) is 0.412. The molecule has 0 saturated carbocycles. The molecular formula is C34H41N3O6. The van der Waals surface area contributed by atoms with Crippen LogP contribution in [0.5, 0.6) is 0 Å². The number of nitrogens with one attached hydrogen (secondary N) is 1. The minimum Gasteiger partial charge on any atom is -0.453 e. The van der Waals surface area contributed by atoms with Crippen molar-refractivity contribution in [3.8, 4) is 0 Å². The summed E-state index contributed by atoms with van der Waals surface area (Å²) in [5.41, 5.74) is 4.68. The third-order valence-electron chi connectivity index (χ3n) is 7.95. The van der Waals surface area contributed by atoms with Crippen molar-refractivity contribution in [2.24, 2.45) is 0 Å². The van der Waals surface area contributed by atoms with Crippen LogP contribution < -0.4 is 5.32 Å². The first-order valence-corrected chi connectivity index (χ1v) is 14.9. The summed E-state index contributed by atoms with van der Waals surface area (Å²) >= 11 is 0. The number of ether oxygens (including phenoxy) is 3. The van der Waals surface area contributed by atoms with Crippen LogP contribution in [0.1, 0.15) is 54.9 Å². The predicted octanol–water partition coefficient (Wildman–Crippen LogP) is 4.43. The highest BCUT2D eigenvalue weighted by atomic mass is 16.7. The average molecular weight is 588 g/mol. The lowest BCUT2D eigenvalue weighted by Crippen LogP contribution is -2.49. The van der Waals surface area contributed by atoms with Crippen LogP contribution >= 0.6 is 0 Å². The van der Waals surface area contributed by atoms with Crippen LogP contribution in [-0.4, -0.2) is 71.7 Å². The molecule has 0 aliphatic carbocycles. The average Bonchev–Trinajstić information content (AvgIpc) is 3.02. The zero-order valence-corrected chi connectivity index (χ0v) is 24.9. The molecule has 9 heteroatoms. The van der Waals surface area contributed by atoms with Gasteiger partial charge in [-0.3, -0.25) is 19.4 Å². The molecule has 4 atom stereocenters. The minimum absolute atomic E-state index is 0.00103. The lowest BCUT2D eigenvalue weighted by atomic mass is 9.99. The molecule has 0 radical (unpaired) electrons. The number of carbonyl (C=O) groups excluding carboxylic acids is 2. The number of hydrogen-bond acceptors (Lipinski definition) is 8. The second kappa shape index (κ2) is 14.7. The SMILES string of the molecule is CC(=O)O[C@@H](C)C(=O)Nc1ccc([C@H]2O[C@@H](CN3CCN(Cc4ccccc4)CC3)C[C@@H](c3ccc(CO)cc3)O2)cc1. The fourth-order valence-corrected chi connectivity index (χ4v) is 5.56. The molecule has 0 aromatic heterocycles. The smallest absolute Gasteiger partial charge is 0.303 e. The minimum atomic E-state index is -0.888. The maximum Gasteiger partial charge on any atom is 0.303 e. The normalized spacial score (nSPS) is 22.1. The van der Waals surface area contributed by atoms with Crippen molar-refractivity contribution in [2.75, 3.05) is 38.0 Å². The van der Waals surface area contributed by atoms with E-state index in [0.29, 0.717) is 5.69 Å². The number of anilines is 1. The number of rotatable bonds is 10. The molecule has 2 aliphatic heterocycles. The van der Waals surface area contributed by atoms with Gasteiger partial charge in [0.1, 0.15) is 0 Å². The summed E-state index contributed by atoms with van der Waals surface area (Å²) in [7, 11) is 0. The van der Waals surface area contributed by atoms with Crippen molar-refractivity contribution in [3.63, 3.8) is 0 Å². The van der Waals surface area contributed by atoms with Gasteiger partial charge in [0.25, 0.3) is 5.91 Å². The molecule has 9 nitrogen and oxygen atoms in total. The highest BCUT2D eigenvalue weighted by Gasteiger charge is 2.34. The number of aliphatic hydroxyl groups excluding tert-OH is 1. The molecule has 0 unspecified atom stereocenters. The summed E-state index contributed by atoms with van der Waals surface area (Å²) in [5.74, 6) is -0.905. The van der Waals surface area contributed by atoms with Crippen LogP contribution in [0.2, 0.25) is 0 Å². The number of hydrogen-bond donors (Lipinski definition) is 2. The maximum absolute atomic E-state index is 12.4. The van der Waals surface area contributed by atoms with Gasteiger partial charge in [-0.1, -0.05) is 66.7 Å². The van der Waals surface area contributed by atoms with E-state index in [-0.39, 0.29) is 18.8 Å². The fourth-order valence-electron chi connectivity index (χ4n) is 5.56. The van der Waals surface area contributed by atoms with Crippen molar-refractivity contribution in [2.45, 2.75) is 58.0 Å². The van der Waals surface area contributed by atoms with Crippen molar-refractivity contribution >= 4 is 17.6 Å². The summed E-state index contributed by atoms with van der Waals surface area (Å²) in [6.45, 7) is 8.57. The molecule has 228 valence electrons. The summed E-state index contributed by atoms with van der Waals surface area (Å²) in [4.78, 5) is 28.5. The third kappa shape index (κ3) is 8.72. The number of carbonyl (C=O) groups is 2. The van der Waals surface area contributed by atoms with Crippen LogP contribution in [0.25, 0.3) is 0 Å². The molecule has 43 heavy (non-hydrogen) atoms.